The van der Waals surface area contributed by atoms with Gasteiger partial charge in [0.25, 0.3) is 10.2 Å². The van der Waals surface area contributed by atoms with Gasteiger partial charge in [-0.1, -0.05) is 24.4 Å². The van der Waals surface area contributed by atoms with Crippen molar-refractivity contribution in [3.63, 3.8) is 0 Å². The van der Waals surface area contributed by atoms with Crippen molar-refractivity contribution in [2.75, 3.05) is 26.2 Å². The molecule has 1 fully saturated rings. The van der Waals surface area contributed by atoms with Crippen LogP contribution in [-0.2, 0) is 10.2 Å². The average molecular weight is 361 g/mol. The molecule has 1 saturated heterocycles. The highest BCUT2D eigenvalue weighted by Gasteiger charge is 2.21. The van der Waals surface area contributed by atoms with E-state index in [1.54, 1.807) is 16.4 Å². The molecule has 0 aliphatic carbocycles. The smallest absolute Gasteiger partial charge is 0.279 e. The zero-order valence-corrected chi connectivity index (χ0v) is 14.9. The molecule has 0 saturated carbocycles. The number of benzene rings is 1. The van der Waals surface area contributed by atoms with E-state index in [0.717, 1.165) is 44.3 Å². The van der Waals surface area contributed by atoms with E-state index in [2.05, 4.69) is 4.72 Å². The van der Waals surface area contributed by atoms with Crippen LogP contribution in [0, 0.1) is 0 Å². The third-order valence-electron chi connectivity index (χ3n) is 3.84. The first-order valence-corrected chi connectivity index (χ1v) is 10.0. The number of rotatable bonds is 8. The van der Waals surface area contributed by atoms with Gasteiger partial charge in [-0.2, -0.15) is 12.7 Å². The van der Waals surface area contributed by atoms with E-state index in [0.29, 0.717) is 31.3 Å². The molecule has 1 aromatic rings. The van der Waals surface area contributed by atoms with Crippen molar-refractivity contribution in [3.05, 3.63) is 29.3 Å². The van der Waals surface area contributed by atoms with Gasteiger partial charge in [0.2, 0.25) is 0 Å². The molecule has 1 aromatic carbocycles. The van der Waals surface area contributed by atoms with Crippen molar-refractivity contribution in [2.24, 2.45) is 0 Å². The third-order valence-corrected chi connectivity index (χ3v) is 5.71. The molecular weight excluding hydrogens is 336 g/mol. The minimum Gasteiger partial charge on any atom is -0.494 e. The second kappa shape index (κ2) is 9.47. The number of unbranched alkanes of at least 4 members (excludes halogenated alkanes) is 1. The summed E-state index contributed by atoms with van der Waals surface area (Å²) in [7, 11) is -3.32. The Bertz CT molecular complexity index is 555. The van der Waals surface area contributed by atoms with Crippen molar-refractivity contribution in [3.8, 4) is 5.75 Å². The lowest BCUT2D eigenvalue weighted by molar-refractivity contribution is 0.306. The normalized spacial score (nSPS) is 16.9. The molecule has 0 spiro atoms. The molecule has 7 heteroatoms. The summed E-state index contributed by atoms with van der Waals surface area (Å²) in [5.74, 6) is 0.777. The lowest BCUT2D eigenvalue weighted by Crippen LogP contribution is -2.41. The second-order valence-electron chi connectivity index (χ2n) is 5.72. The highest BCUT2D eigenvalue weighted by Crippen LogP contribution is 2.16. The summed E-state index contributed by atoms with van der Waals surface area (Å²) in [6.07, 6.45) is 5.69. The van der Waals surface area contributed by atoms with E-state index < -0.39 is 10.2 Å². The summed E-state index contributed by atoms with van der Waals surface area (Å²) in [6.45, 7) is 2.28. The molecule has 130 valence electrons. The van der Waals surface area contributed by atoms with E-state index in [1.165, 1.54) is 0 Å². The molecule has 5 nitrogen and oxygen atoms in total. The molecule has 23 heavy (non-hydrogen) atoms. The molecule has 1 aliphatic heterocycles. The second-order valence-corrected chi connectivity index (χ2v) is 7.91. The number of hydrogen-bond donors (Lipinski definition) is 1. The molecule has 0 atom stereocenters. The molecule has 1 aliphatic rings. The molecule has 0 unspecified atom stereocenters. The first-order chi connectivity index (χ1) is 11.1. The van der Waals surface area contributed by atoms with Crippen molar-refractivity contribution >= 4 is 21.8 Å². The Morgan fingerprint density at radius 3 is 2.35 bits per heavy atom. The Labute approximate surface area is 144 Å². The summed E-state index contributed by atoms with van der Waals surface area (Å²) < 4.78 is 34.2. The van der Waals surface area contributed by atoms with Crippen LogP contribution in [-0.4, -0.2) is 39.0 Å². The van der Waals surface area contributed by atoms with Crippen LogP contribution in [0.25, 0.3) is 0 Å². The van der Waals surface area contributed by atoms with E-state index in [1.807, 2.05) is 12.1 Å². The van der Waals surface area contributed by atoms with E-state index >= 15 is 0 Å². The molecule has 1 N–H and O–H groups in total. The SMILES string of the molecule is O=S(=O)(NCCCCOc1ccc(Cl)cc1)N1CCCCCC1. The fraction of sp³-hybridized carbons (Fsp3) is 0.625. The lowest BCUT2D eigenvalue weighted by Gasteiger charge is -2.20. The Balaban J connectivity index is 1.61. The standard InChI is InChI=1S/C16H25ClN2O3S/c17-15-7-9-16(10-8-15)22-14-6-3-11-18-23(20,21)19-12-4-1-2-5-13-19/h7-10,18H,1-6,11-14H2. The van der Waals surface area contributed by atoms with Gasteiger partial charge < -0.3 is 4.74 Å². The van der Waals surface area contributed by atoms with E-state index in [-0.39, 0.29) is 0 Å². The number of nitrogens with one attached hydrogen (secondary N) is 1. The summed E-state index contributed by atoms with van der Waals surface area (Å²) in [5.41, 5.74) is 0. The summed E-state index contributed by atoms with van der Waals surface area (Å²) in [6, 6.07) is 7.22. The first kappa shape index (κ1) is 18.5. The number of halogens is 1. The highest BCUT2D eigenvalue weighted by molar-refractivity contribution is 7.87. The van der Waals surface area contributed by atoms with Crippen LogP contribution in [0.5, 0.6) is 5.75 Å². The van der Waals surface area contributed by atoms with Crippen LogP contribution < -0.4 is 9.46 Å². The quantitative estimate of drug-likeness (QED) is 0.724. The Kier molecular flexibility index (Phi) is 7.62. The minimum atomic E-state index is -3.32. The van der Waals surface area contributed by atoms with Crippen molar-refractivity contribution in [1.29, 1.82) is 0 Å². The topological polar surface area (TPSA) is 58.6 Å². The van der Waals surface area contributed by atoms with E-state index in [9.17, 15) is 8.42 Å². The highest BCUT2D eigenvalue weighted by atomic mass is 35.5. The van der Waals surface area contributed by atoms with Gasteiger partial charge in [-0.05, 0) is 49.9 Å². The molecule has 2 rings (SSSR count). The molecule has 1 heterocycles. The zero-order valence-electron chi connectivity index (χ0n) is 13.3. The van der Waals surface area contributed by atoms with Crippen LogP contribution >= 0.6 is 11.6 Å². The number of nitrogens with zero attached hydrogens (tertiary/aromatic N) is 1. The maximum Gasteiger partial charge on any atom is 0.279 e. The van der Waals surface area contributed by atoms with Crippen LogP contribution in [0.15, 0.2) is 24.3 Å². The van der Waals surface area contributed by atoms with Gasteiger partial charge in [-0.15, -0.1) is 0 Å². The minimum absolute atomic E-state index is 0.447. The molecule has 0 aromatic heterocycles. The van der Waals surface area contributed by atoms with Crippen LogP contribution in [0.2, 0.25) is 5.02 Å². The predicted octanol–water partition coefficient (Wildman–Crippen LogP) is 3.21. The summed E-state index contributed by atoms with van der Waals surface area (Å²) in [5, 5.41) is 0.681. The lowest BCUT2D eigenvalue weighted by atomic mass is 10.2. The molecule has 0 radical (unpaired) electrons. The van der Waals surface area contributed by atoms with Gasteiger partial charge in [-0.25, -0.2) is 4.72 Å². The monoisotopic (exact) mass is 360 g/mol. The van der Waals surface area contributed by atoms with Crippen molar-refractivity contribution in [1.82, 2.24) is 9.03 Å². The largest absolute Gasteiger partial charge is 0.494 e. The van der Waals surface area contributed by atoms with Gasteiger partial charge in [0.1, 0.15) is 5.75 Å². The maximum atomic E-state index is 12.2. The summed E-state index contributed by atoms with van der Waals surface area (Å²) in [4.78, 5) is 0. The molecule has 0 bridgehead atoms. The van der Waals surface area contributed by atoms with Gasteiger partial charge in [-0.3, -0.25) is 0 Å². The predicted molar refractivity (Wildman–Crippen MR) is 93.1 cm³/mol. The van der Waals surface area contributed by atoms with E-state index in [4.69, 9.17) is 16.3 Å². The Morgan fingerprint density at radius 2 is 1.70 bits per heavy atom. The Hall–Kier alpha value is -0.820. The number of ether oxygens (including phenoxy) is 1. The van der Waals surface area contributed by atoms with Crippen molar-refractivity contribution in [2.45, 2.75) is 38.5 Å². The van der Waals surface area contributed by atoms with Gasteiger partial charge in [0.15, 0.2) is 0 Å². The van der Waals surface area contributed by atoms with Gasteiger partial charge in [0.05, 0.1) is 6.61 Å². The fourth-order valence-corrected chi connectivity index (χ4v) is 3.97. The molecular formula is C16H25ClN2O3S. The Morgan fingerprint density at radius 1 is 1.04 bits per heavy atom. The fourth-order valence-electron chi connectivity index (χ4n) is 2.52. The maximum absolute atomic E-state index is 12.2. The zero-order chi connectivity index (χ0) is 16.5. The van der Waals surface area contributed by atoms with Crippen LogP contribution in [0.1, 0.15) is 38.5 Å². The summed E-state index contributed by atoms with van der Waals surface area (Å²) >= 11 is 5.81. The third kappa shape index (κ3) is 6.67. The first-order valence-electron chi connectivity index (χ1n) is 8.21. The van der Waals surface area contributed by atoms with Gasteiger partial charge >= 0.3 is 0 Å². The molecule has 0 amide bonds. The van der Waals surface area contributed by atoms with Gasteiger partial charge in [0, 0.05) is 24.7 Å². The average Bonchev–Trinajstić information content (AvgIpc) is 2.82. The van der Waals surface area contributed by atoms with Crippen LogP contribution in [0.3, 0.4) is 0 Å². The van der Waals surface area contributed by atoms with Crippen molar-refractivity contribution < 1.29 is 13.2 Å². The number of hydrogen-bond acceptors (Lipinski definition) is 3. The van der Waals surface area contributed by atoms with Crippen LogP contribution in [0.4, 0.5) is 0 Å².